The van der Waals surface area contributed by atoms with Crippen LogP contribution in [0.3, 0.4) is 0 Å². The first-order chi connectivity index (χ1) is 10.6. The fraction of sp³-hybridized carbons (Fsp3) is 0.133. The Morgan fingerprint density at radius 1 is 1.45 bits per heavy atom. The van der Waals surface area contributed by atoms with Crippen molar-refractivity contribution in [2.45, 2.75) is 6.92 Å². The van der Waals surface area contributed by atoms with Gasteiger partial charge in [-0.15, -0.1) is 11.3 Å². The third-order valence-electron chi connectivity index (χ3n) is 2.71. The number of allylic oxidation sites excluding steroid dienone is 1. The number of anilines is 1. The predicted molar refractivity (Wildman–Crippen MR) is 85.7 cm³/mol. The normalized spacial score (nSPS) is 10.6. The lowest BCUT2D eigenvalue weighted by Crippen LogP contribution is -1.99. The van der Waals surface area contributed by atoms with E-state index in [1.807, 2.05) is 5.38 Å². The molecule has 0 saturated carbocycles. The highest BCUT2D eigenvalue weighted by atomic mass is 32.1. The quantitative estimate of drug-likeness (QED) is 0.363. The molecular formula is C15H14N2O4S. The van der Waals surface area contributed by atoms with Gasteiger partial charge in [0, 0.05) is 12.3 Å². The van der Waals surface area contributed by atoms with Crippen LogP contribution >= 0.6 is 11.3 Å². The molecule has 0 bridgehead atoms. The Kier molecular flexibility index (Phi) is 5.26. The number of ether oxygens (including phenoxy) is 1. The summed E-state index contributed by atoms with van der Waals surface area (Å²) in [4.78, 5) is 23.0. The summed E-state index contributed by atoms with van der Waals surface area (Å²) in [6, 6.07) is 8.03. The molecule has 1 aromatic carbocycles. The van der Waals surface area contributed by atoms with Gasteiger partial charge in [0.15, 0.2) is 5.78 Å². The third-order valence-corrected chi connectivity index (χ3v) is 3.60. The van der Waals surface area contributed by atoms with Crippen LogP contribution in [0.15, 0.2) is 48.0 Å². The topological polar surface area (TPSA) is 81.5 Å². The summed E-state index contributed by atoms with van der Waals surface area (Å²) in [6.07, 6.45) is 2.73. The molecule has 0 unspecified atom stereocenters. The maximum Gasteiger partial charge on any atom is 0.296 e. The van der Waals surface area contributed by atoms with Gasteiger partial charge >= 0.3 is 0 Å². The van der Waals surface area contributed by atoms with E-state index in [4.69, 9.17) is 4.74 Å². The van der Waals surface area contributed by atoms with Crippen LogP contribution in [0.5, 0.6) is 5.75 Å². The molecule has 1 N–H and O–H groups in total. The fourth-order valence-corrected chi connectivity index (χ4v) is 2.39. The van der Waals surface area contributed by atoms with Crippen LogP contribution in [0.4, 0.5) is 11.4 Å². The predicted octanol–water partition coefficient (Wildman–Crippen LogP) is 3.86. The average Bonchev–Trinajstić information content (AvgIpc) is 3.03. The molecular weight excluding hydrogens is 304 g/mol. The first kappa shape index (κ1) is 15.7. The molecule has 22 heavy (non-hydrogen) atoms. The monoisotopic (exact) mass is 318 g/mol. The van der Waals surface area contributed by atoms with E-state index in [0.717, 1.165) is 0 Å². The number of nitrogens with zero attached hydrogens (tertiary/aromatic N) is 1. The van der Waals surface area contributed by atoms with E-state index in [9.17, 15) is 14.9 Å². The summed E-state index contributed by atoms with van der Waals surface area (Å²) >= 11 is 1.34. The third kappa shape index (κ3) is 3.92. The Morgan fingerprint density at radius 3 is 2.91 bits per heavy atom. The van der Waals surface area contributed by atoms with E-state index >= 15 is 0 Å². The van der Waals surface area contributed by atoms with Crippen molar-refractivity contribution in [1.82, 2.24) is 0 Å². The minimum absolute atomic E-state index is 0.112. The van der Waals surface area contributed by atoms with E-state index in [-0.39, 0.29) is 11.5 Å². The minimum Gasteiger partial charge on any atom is -0.494 e. The highest BCUT2D eigenvalue weighted by molar-refractivity contribution is 7.12. The molecule has 1 heterocycles. The summed E-state index contributed by atoms with van der Waals surface area (Å²) in [7, 11) is 0. The van der Waals surface area contributed by atoms with Crippen molar-refractivity contribution in [2.24, 2.45) is 0 Å². The molecule has 0 aliphatic heterocycles. The number of hydrogen-bond donors (Lipinski definition) is 1. The molecule has 0 radical (unpaired) electrons. The second-order valence-electron chi connectivity index (χ2n) is 4.19. The van der Waals surface area contributed by atoms with Crippen molar-refractivity contribution in [1.29, 1.82) is 0 Å². The lowest BCUT2D eigenvalue weighted by atomic mass is 10.2. The van der Waals surface area contributed by atoms with Gasteiger partial charge < -0.3 is 10.1 Å². The molecule has 1 aromatic heterocycles. The molecule has 0 atom stereocenters. The van der Waals surface area contributed by atoms with Gasteiger partial charge in [-0.2, -0.15) is 0 Å². The van der Waals surface area contributed by atoms with Crippen molar-refractivity contribution >= 4 is 28.5 Å². The van der Waals surface area contributed by atoms with Crippen molar-refractivity contribution in [3.63, 3.8) is 0 Å². The van der Waals surface area contributed by atoms with E-state index in [0.29, 0.717) is 22.9 Å². The Labute approximate surface area is 131 Å². The number of nitrogens with one attached hydrogen (secondary N) is 1. The van der Waals surface area contributed by atoms with Crippen LogP contribution in [-0.2, 0) is 0 Å². The van der Waals surface area contributed by atoms with Crippen LogP contribution in [0.25, 0.3) is 0 Å². The lowest BCUT2D eigenvalue weighted by Gasteiger charge is -2.06. The summed E-state index contributed by atoms with van der Waals surface area (Å²) in [5, 5.41) is 15.7. The molecule has 0 fully saturated rings. The molecule has 6 nitrogen and oxygen atoms in total. The first-order valence-corrected chi connectivity index (χ1v) is 7.42. The summed E-state index contributed by atoms with van der Waals surface area (Å²) < 4.78 is 5.24. The standard InChI is InChI=1S/C15H14N2O4S/c1-2-21-11-5-6-12(13(10-11)17(19)20)16-8-7-14(18)15-4-3-9-22-15/h3-10,16H,2H2,1H3/b8-7+. The van der Waals surface area contributed by atoms with Crippen molar-refractivity contribution in [2.75, 3.05) is 11.9 Å². The number of carbonyl (C=O) groups is 1. The highest BCUT2D eigenvalue weighted by Gasteiger charge is 2.14. The maximum absolute atomic E-state index is 11.8. The van der Waals surface area contributed by atoms with Crippen molar-refractivity contribution < 1.29 is 14.5 Å². The number of nitro benzene ring substituents is 1. The molecule has 0 spiro atoms. The number of thiophene rings is 1. The van der Waals surface area contributed by atoms with Gasteiger partial charge in [-0.25, -0.2) is 0 Å². The largest absolute Gasteiger partial charge is 0.494 e. The zero-order valence-corrected chi connectivity index (χ0v) is 12.6. The summed E-state index contributed by atoms with van der Waals surface area (Å²) in [5.41, 5.74) is 0.183. The Hall–Kier alpha value is -2.67. The number of ketones is 1. The van der Waals surface area contributed by atoms with Crippen LogP contribution in [0, 0.1) is 10.1 Å². The number of carbonyl (C=O) groups excluding carboxylic acids is 1. The summed E-state index contributed by atoms with van der Waals surface area (Å²) in [5.74, 6) is 0.273. The van der Waals surface area contributed by atoms with Gasteiger partial charge in [0.05, 0.1) is 22.5 Å². The number of hydrogen-bond acceptors (Lipinski definition) is 6. The van der Waals surface area contributed by atoms with Gasteiger partial charge in [-0.3, -0.25) is 14.9 Å². The molecule has 0 amide bonds. The van der Waals surface area contributed by atoms with E-state index in [1.165, 1.54) is 29.7 Å². The van der Waals surface area contributed by atoms with Crippen molar-refractivity contribution in [3.8, 4) is 5.75 Å². The SMILES string of the molecule is CCOc1ccc(N/C=C/C(=O)c2cccs2)c([N+](=O)[O-])c1. The maximum atomic E-state index is 11.8. The molecule has 0 aliphatic carbocycles. The van der Waals surface area contributed by atoms with Crippen LogP contribution in [-0.4, -0.2) is 17.3 Å². The molecule has 7 heteroatoms. The molecule has 0 saturated heterocycles. The molecule has 2 aromatic rings. The van der Waals surface area contributed by atoms with E-state index in [2.05, 4.69) is 5.32 Å². The van der Waals surface area contributed by atoms with E-state index < -0.39 is 4.92 Å². The minimum atomic E-state index is -0.500. The summed E-state index contributed by atoms with van der Waals surface area (Å²) in [6.45, 7) is 2.23. The zero-order valence-electron chi connectivity index (χ0n) is 11.8. The zero-order chi connectivity index (χ0) is 15.9. The van der Waals surface area contributed by atoms with Gasteiger partial charge in [-0.1, -0.05) is 6.07 Å². The molecule has 114 valence electrons. The van der Waals surface area contributed by atoms with Gasteiger partial charge in [0.25, 0.3) is 5.69 Å². The smallest absolute Gasteiger partial charge is 0.296 e. The Balaban J connectivity index is 2.12. The molecule has 2 rings (SSSR count). The van der Waals surface area contributed by atoms with Gasteiger partial charge in [-0.05, 0) is 30.5 Å². The highest BCUT2D eigenvalue weighted by Crippen LogP contribution is 2.29. The van der Waals surface area contributed by atoms with Crippen LogP contribution < -0.4 is 10.1 Å². The second kappa shape index (κ2) is 7.37. The lowest BCUT2D eigenvalue weighted by molar-refractivity contribution is -0.384. The second-order valence-corrected chi connectivity index (χ2v) is 5.14. The van der Waals surface area contributed by atoms with Crippen molar-refractivity contribution in [3.05, 3.63) is 63.0 Å². The number of benzene rings is 1. The number of nitro groups is 1. The van der Waals surface area contributed by atoms with E-state index in [1.54, 1.807) is 31.2 Å². The Bertz CT molecular complexity index is 696. The van der Waals surface area contributed by atoms with Gasteiger partial charge in [0.1, 0.15) is 11.4 Å². The van der Waals surface area contributed by atoms with Gasteiger partial charge in [0.2, 0.25) is 0 Å². The van der Waals surface area contributed by atoms with Crippen LogP contribution in [0.2, 0.25) is 0 Å². The van der Waals surface area contributed by atoms with Crippen LogP contribution in [0.1, 0.15) is 16.6 Å². The first-order valence-electron chi connectivity index (χ1n) is 6.54. The fourth-order valence-electron chi connectivity index (χ4n) is 1.75. The Morgan fingerprint density at radius 2 is 2.27 bits per heavy atom. The average molecular weight is 318 g/mol. The molecule has 0 aliphatic rings. The number of rotatable bonds is 7.